The van der Waals surface area contributed by atoms with E-state index in [4.69, 9.17) is 9.47 Å². The summed E-state index contributed by atoms with van der Waals surface area (Å²) < 4.78 is 10.3. The first kappa shape index (κ1) is 19.5. The van der Waals surface area contributed by atoms with E-state index in [1.54, 1.807) is 4.90 Å². The van der Waals surface area contributed by atoms with Gasteiger partial charge in [0.25, 0.3) is 0 Å². The predicted octanol–water partition coefficient (Wildman–Crippen LogP) is 2.42. The lowest BCUT2D eigenvalue weighted by atomic mass is 9.85. The van der Waals surface area contributed by atoms with E-state index in [9.17, 15) is 9.59 Å². The smallest absolute Gasteiger partial charge is 0.410 e. The van der Waals surface area contributed by atoms with Crippen molar-refractivity contribution < 1.29 is 19.1 Å². The van der Waals surface area contributed by atoms with E-state index in [1.165, 1.54) is 12.7 Å². The Morgan fingerprint density at radius 2 is 1.85 bits per heavy atom. The summed E-state index contributed by atoms with van der Waals surface area (Å²) in [5, 5.41) is 0. The zero-order valence-corrected chi connectivity index (χ0v) is 16.7. The van der Waals surface area contributed by atoms with E-state index in [-0.39, 0.29) is 18.0 Å². The number of hydrogen-bond donors (Lipinski definition) is 0. The summed E-state index contributed by atoms with van der Waals surface area (Å²) in [6.07, 6.45) is 4.01. The van der Waals surface area contributed by atoms with Gasteiger partial charge in [-0.05, 0) is 57.2 Å². The van der Waals surface area contributed by atoms with Crippen LogP contribution in [-0.2, 0) is 27.1 Å². The van der Waals surface area contributed by atoms with Gasteiger partial charge in [0, 0.05) is 32.4 Å². The Balaban J connectivity index is 1.60. The number of nitrogens with zero attached hydrogens (tertiary/aromatic N) is 3. The number of carbonyl (C=O) groups excluding carboxylic acids is 2. The minimum absolute atomic E-state index is 0.0625. The zero-order chi connectivity index (χ0) is 19.6. The fourth-order valence-electron chi connectivity index (χ4n) is 3.61. The Hall–Kier alpha value is -2.31. The third kappa shape index (κ3) is 4.70. The van der Waals surface area contributed by atoms with Gasteiger partial charge in [0.15, 0.2) is 0 Å². The molecular weight excluding hydrogens is 346 g/mol. The predicted molar refractivity (Wildman–Crippen MR) is 102 cm³/mol. The summed E-state index contributed by atoms with van der Waals surface area (Å²) >= 11 is 0. The molecule has 2 heterocycles. The van der Waals surface area contributed by atoms with Crippen molar-refractivity contribution >= 4 is 17.9 Å². The van der Waals surface area contributed by atoms with Crippen molar-refractivity contribution in [1.29, 1.82) is 0 Å². The Labute approximate surface area is 160 Å². The molecule has 1 amide bonds. The molecule has 7 nitrogen and oxygen atoms in total. The highest BCUT2D eigenvalue weighted by molar-refractivity contribution is 5.73. The van der Waals surface area contributed by atoms with Crippen LogP contribution >= 0.6 is 0 Å². The normalized spacial score (nSPS) is 20.1. The summed E-state index contributed by atoms with van der Waals surface area (Å²) in [5.41, 5.74) is 1.92. The number of carbonyl (C=O) groups is 2. The Kier molecular flexibility index (Phi) is 5.58. The second-order valence-corrected chi connectivity index (χ2v) is 8.23. The van der Waals surface area contributed by atoms with Gasteiger partial charge >= 0.3 is 12.1 Å². The van der Waals surface area contributed by atoms with Crippen LogP contribution in [0.3, 0.4) is 0 Å². The molecule has 27 heavy (non-hydrogen) atoms. The lowest BCUT2D eigenvalue weighted by Crippen LogP contribution is -2.50. The summed E-state index contributed by atoms with van der Waals surface area (Å²) in [4.78, 5) is 32.5. The van der Waals surface area contributed by atoms with Crippen molar-refractivity contribution in [2.24, 2.45) is 5.92 Å². The van der Waals surface area contributed by atoms with Crippen LogP contribution < -0.4 is 4.90 Å². The van der Waals surface area contributed by atoms with Gasteiger partial charge in [-0.25, -0.2) is 9.78 Å². The number of aryl methyl sites for hydroxylation is 1. The highest BCUT2D eigenvalue weighted by atomic mass is 16.6. The first-order valence-electron chi connectivity index (χ1n) is 9.55. The van der Waals surface area contributed by atoms with Gasteiger partial charge in [0.1, 0.15) is 11.4 Å². The van der Waals surface area contributed by atoms with E-state index >= 15 is 0 Å². The quantitative estimate of drug-likeness (QED) is 0.739. The number of piperazine rings is 1. The number of pyridine rings is 1. The number of hydrogen-bond acceptors (Lipinski definition) is 6. The number of esters is 1. The number of aromatic nitrogens is 1. The van der Waals surface area contributed by atoms with Crippen molar-refractivity contribution in [2.45, 2.75) is 45.6 Å². The molecule has 1 aliphatic heterocycles. The molecule has 0 N–H and O–H groups in total. The van der Waals surface area contributed by atoms with Crippen LogP contribution in [0.5, 0.6) is 0 Å². The third-order valence-corrected chi connectivity index (χ3v) is 5.09. The summed E-state index contributed by atoms with van der Waals surface area (Å²) in [5.74, 6) is 0.740. The molecule has 0 saturated carbocycles. The molecule has 1 atom stereocenters. The molecule has 1 fully saturated rings. The lowest BCUT2D eigenvalue weighted by Gasteiger charge is -2.36. The van der Waals surface area contributed by atoms with Gasteiger partial charge in [-0.3, -0.25) is 4.79 Å². The molecule has 1 unspecified atom stereocenters. The minimum atomic E-state index is -0.476. The highest BCUT2D eigenvalue weighted by Crippen LogP contribution is 2.28. The molecule has 0 aromatic carbocycles. The van der Waals surface area contributed by atoms with Gasteiger partial charge in [-0.2, -0.15) is 0 Å². The van der Waals surface area contributed by atoms with Crippen molar-refractivity contribution in [3.05, 3.63) is 23.4 Å². The van der Waals surface area contributed by atoms with Gasteiger partial charge < -0.3 is 19.3 Å². The van der Waals surface area contributed by atoms with Crippen LogP contribution in [0.15, 0.2) is 12.3 Å². The van der Waals surface area contributed by atoms with Crippen molar-refractivity contribution in [2.75, 3.05) is 38.2 Å². The monoisotopic (exact) mass is 375 g/mol. The zero-order valence-electron chi connectivity index (χ0n) is 16.7. The minimum Gasteiger partial charge on any atom is -0.469 e. The number of rotatable bonds is 2. The van der Waals surface area contributed by atoms with Crippen LogP contribution in [0.25, 0.3) is 0 Å². The Morgan fingerprint density at radius 3 is 2.48 bits per heavy atom. The fraction of sp³-hybridized carbons (Fsp3) is 0.650. The van der Waals surface area contributed by atoms with Crippen LogP contribution in [0.4, 0.5) is 10.6 Å². The van der Waals surface area contributed by atoms with Crippen LogP contribution in [-0.4, -0.2) is 60.8 Å². The lowest BCUT2D eigenvalue weighted by molar-refractivity contribution is -0.145. The van der Waals surface area contributed by atoms with E-state index in [0.29, 0.717) is 19.5 Å². The second-order valence-electron chi connectivity index (χ2n) is 8.23. The average Bonchev–Trinajstić information content (AvgIpc) is 2.65. The second kappa shape index (κ2) is 7.74. The first-order valence-corrected chi connectivity index (χ1v) is 9.55. The molecule has 1 saturated heterocycles. The van der Waals surface area contributed by atoms with Crippen LogP contribution in [0.2, 0.25) is 0 Å². The molecule has 148 valence electrons. The van der Waals surface area contributed by atoms with Crippen molar-refractivity contribution in [1.82, 2.24) is 9.88 Å². The van der Waals surface area contributed by atoms with Gasteiger partial charge in [0.2, 0.25) is 0 Å². The Bertz CT molecular complexity index is 706. The molecule has 7 heteroatoms. The summed E-state index contributed by atoms with van der Waals surface area (Å²) in [6.45, 7) is 8.34. The molecule has 2 aliphatic rings. The number of fused-ring (bicyclic) bond motifs is 1. The van der Waals surface area contributed by atoms with Crippen LogP contribution in [0, 0.1) is 5.92 Å². The third-order valence-electron chi connectivity index (χ3n) is 5.09. The van der Waals surface area contributed by atoms with E-state index < -0.39 is 5.60 Å². The molecule has 0 radical (unpaired) electrons. The largest absolute Gasteiger partial charge is 0.469 e. The van der Waals surface area contributed by atoms with Gasteiger partial charge in [-0.15, -0.1) is 0 Å². The molecule has 1 aliphatic carbocycles. The van der Waals surface area contributed by atoms with E-state index in [0.717, 1.165) is 37.3 Å². The maximum Gasteiger partial charge on any atom is 0.410 e. The SMILES string of the molecule is COC(=O)C1CCc2cc(N3CCN(C(=O)OC(C)(C)C)CC3)ncc2C1. The van der Waals surface area contributed by atoms with Gasteiger partial charge in [-0.1, -0.05) is 0 Å². The van der Waals surface area contributed by atoms with Crippen LogP contribution in [0.1, 0.15) is 38.3 Å². The van der Waals surface area contributed by atoms with E-state index in [1.807, 2.05) is 27.0 Å². The fourth-order valence-corrected chi connectivity index (χ4v) is 3.61. The van der Waals surface area contributed by atoms with E-state index in [2.05, 4.69) is 16.0 Å². The molecular formula is C20H29N3O4. The number of amides is 1. The number of ether oxygens (including phenoxy) is 2. The molecule has 3 rings (SSSR count). The first-order chi connectivity index (χ1) is 12.8. The number of methoxy groups -OCH3 is 1. The highest BCUT2D eigenvalue weighted by Gasteiger charge is 2.28. The molecule has 1 aromatic heterocycles. The average molecular weight is 375 g/mol. The van der Waals surface area contributed by atoms with Gasteiger partial charge in [0.05, 0.1) is 13.0 Å². The topological polar surface area (TPSA) is 72.0 Å². The van der Waals surface area contributed by atoms with Crippen molar-refractivity contribution in [3.8, 4) is 0 Å². The molecule has 1 aromatic rings. The summed E-state index contributed by atoms with van der Waals surface area (Å²) in [7, 11) is 1.44. The number of anilines is 1. The van der Waals surface area contributed by atoms with Crippen molar-refractivity contribution in [3.63, 3.8) is 0 Å². The maximum atomic E-state index is 12.2. The molecule has 0 spiro atoms. The Morgan fingerprint density at radius 1 is 1.15 bits per heavy atom. The molecule has 0 bridgehead atoms. The maximum absolute atomic E-state index is 12.2. The summed E-state index contributed by atoms with van der Waals surface area (Å²) in [6, 6.07) is 2.13. The standard InChI is InChI=1S/C20H29N3O4/c1-20(2,3)27-19(25)23-9-7-22(8-10-23)17-12-14-5-6-15(18(24)26-4)11-16(14)13-21-17/h12-13,15H,5-11H2,1-4H3.